The van der Waals surface area contributed by atoms with Gasteiger partial charge in [0, 0.05) is 16.6 Å². The zero-order valence-electron chi connectivity index (χ0n) is 24.3. The Kier molecular flexibility index (Phi) is 11.3. The molecule has 0 radical (unpaired) electrons. The van der Waals surface area contributed by atoms with E-state index in [0.29, 0.717) is 30.8 Å². The van der Waals surface area contributed by atoms with Crippen LogP contribution in [-0.4, -0.2) is 17.0 Å². The van der Waals surface area contributed by atoms with Crippen molar-refractivity contribution >= 4 is 11.9 Å². The monoisotopic (exact) mass is 556 g/mol. The molecule has 0 saturated heterocycles. The van der Waals surface area contributed by atoms with Gasteiger partial charge in [0.1, 0.15) is 24.7 Å². The minimum absolute atomic E-state index is 0.239. The minimum Gasteiger partial charge on any atom is -0.493 e. The highest BCUT2D eigenvalue weighted by Gasteiger charge is 2.34. The van der Waals surface area contributed by atoms with Crippen molar-refractivity contribution in [3.63, 3.8) is 0 Å². The van der Waals surface area contributed by atoms with Crippen molar-refractivity contribution in [2.24, 2.45) is 11.3 Å². The van der Waals surface area contributed by atoms with Crippen LogP contribution in [-0.2, 0) is 29.2 Å². The highest BCUT2D eigenvalue weighted by atomic mass is 16.5. The third-order valence-electron chi connectivity index (χ3n) is 7.26. The number of nitrogen functional groups attached to an aromatic ring is 1. The Balaban J connectivity index is 0.000000226. The fourth-order valence-corrected chi connectivity index (χ4v) is 4.61. The number of carbonyl (C=O) groups is 2. The summed E-state index contributed by atoms with van der Waals surface area (Å²) in [7, 11) is 0. The number of carbonyl (C=O) groups excluding carboxylic acids is 1. The maximum absolute atomic E-state index is 11.6. The average molecular weight is 557 g/mol. The van der Waals surface area contributed by atoms with E-state index >= 15 is 0 Å². The van der Waals surface area contributed by atoms with E-state index in [4.69, 9.17) is 20.4 Å². The van der Waals surface area contributed by atoms with Gasteiger partial charge in [-0.2, -0.15) is 0 Å². The van der Waals surface area contributed by atoms with Gasteiger partial charge in [-0.05, 0) is 72.7 Å². The molecule has 0 aliphatic heterocycles. The Morgan fingerprint density at radius 2 is 1.51 bits per heavy atom. The second kappa shape index (κ2) is 14.9. The van der Waals surface area contributed by atoms with Crippen molar-refractivity contribution in [2.75, 3.05) is 0 Å². The van der Waals surface area contributed by atoms with E-state index < -0.39 is 5.97 Å². The van der Waals surface area contributed by atoms with Gasteiger partial charge in [-0.3, -0.25) is 10.2 Å². The molecule has 41 heavy (non-hydrogen) atoms. The predicted octanol–water partition coefficient (Wildman–Crippen LogP) is 6.66. The lowest BCUT2D eigenvalue weighted by Crippen LogP contribution is -2.30. The molecular weight excluding hydrogens is 516 g/mol. The van der Waals surface area contributed by atoms with Crippen LogP contribution in [0.15, 0.2) is 96.3 Å². The van der Waals surface area contributed by atoms with Crippen LogP contribution in [0, 0.1) is 12.3 Å². The maximum atomic E-state index is 11.6. The number of hydrogen-bond acceptors (Lipinski definition) is 5. The van der Waals surface area contributed by atoms with Crippen LogP contribution in [0.3, 0.4) is 0 Å². The van der Waals surface area contributed by atoms with Crippen LogP contribution in [0.4, 0.5) is 0 Å². The molecule has 0 bridgehead atoms. The van der Waals surface area contributed by atoms with Crippen LogP contribution in [0.5, 0.6) is 5.75 Å². The Hall–Kier alpha value is -4.36. The van der Waals surface area contributed by atoms with Gasteiger partial charge in [-0.1, -0.05) is 81.4 Å². The van der Waals surface area contributed by atoms with Crippen molar-refractivity contribution < 1.29 is 24.2 Å². The van der Waals surface area contributed by atoms with E-state index in [9.17, 15) is 9.59 Å². The molecule has 7 heteroatoms. The number of amides is 1. The first-order valence-electron chi connectivity index (χ1n) is 13.8. The van der Waals surface area contributed by atoms with Gasteiger partial charge in [-0.15, -0.1) is 0 Å². The fraction of sp³-hybridized carbons (Fsp3) is 0.294. The summed E-state index contributed by atoms with van der Waals surface area (Å²) in [5.74, 6) is 5.77. The summed E-state index contributed by atoms with van der Waals surface area (Å²) in [5, 5.41) is 9.12. The van der Waals surface area contributed by atoms with Gasteiger partial charge < -0.3 is 14.6 Å². The van der Waals surface area contributed by atoms with Crippen LogP contribution in [0.1, 0.15) is 66.2 Å². The molecule has 7 nitrogen and oxygen atoms in total. The fourth-order valence-electron chi connectivity index (χ4n) is 4.61. The smallest absolute Gasteiger partial charge is 0.331 e. The summed E-state index contributed by atoms with van der Waals surface area (Å²) < 4.78 is 11.9. The molecule has 0 heterocycles. The van der Waals surface area contributed by atoms with Gasteiger partial charge in [-0.25, -0.2) is 10.6 Å². The summed E-state index contributed by atoms with van der Waals surface area (Å²) in [6.07, 6.45) is 5.60. The van der Waals surface area contributed by atoms with Crippen molar-refractivity contribution in [1.29, 1.82) is 0 Å². The van der Waals surface area contributed by atoms with E-state index in [2.05, 4.69) is 19.3 Å². The summed E-state index contributed by atoms with van der Waals surface area (Å²) in [5.41, 5.74) is 7.08. The number of benzene rings is 3. The molecule has 1 atom stereocenters. The SMILES string of the molecule is CCC1(C)CC(C(=O)O)=CC=C1OCc1ccccc1.CCc1cc(C(=O)NN)cc(C)c1OCc1ccccc1. The summed E-state index contributed by atoms with van der Waals surface area (Å²) >= 11 is 0. The van der Waals surface area contributed by atoms with Crippen molar-refractivity contribution in [1.82, 2.24) is 5.43 Å². The van der Waals surface area contributed by atoms with E-state index in [0.717, 1.165) is 46.6 Å². The molecule has 0 spiro atoms. The van der Waals surface area contributed by atoms with E-state index in [1.54, 1.807) is 18.2 Å². The van der Waals surface area contributed by atoms with Crippen LogP contribution in [0.25, 0.3) is 0 Å². The molecule has 3 aromatic rings. The third kappa shape index (κ3) is 8.56. The minimum atomic E-state index is -0.844. The van der Waals surface area contributed by atoms with E-state index in [-0.39, 0.29) is 11.3 Å². The number of hydrazine groups is 1. The molecule has 0 aromatic heterocycles. The van der Waals surface area contributed by atoms with E-state index in [1.807, 2.05) is 80.6 Å². The highest BCUT2D eigenvalue weighted by Crippen LogP contribution is 2.41. The molecule has 3 aromatic carbocycles. The van der Waals surface area contributed by atoms with Gasteiger partial charge in [0.2, 0.25) is 0 Å². The van der Waals surface area contributed by atoms with Crippen LogP contribution < -0.4 is 16.0 Å². The number of ether oxygens (including phenoxy) is 2. The van der Waals surface area contributed by atoms with Gasteiger partial charge >= 0.3 is 5.97 Å². The maximum Gasteiger partial charge on any atom is 0.331 e. The number of nitrogens with two attached hydrogens (primary N) is 1. The number of rotatable bonds is 10. The normalized spacial score (nSPS) is 15.9. The van der Waals surface area contributed by atoms with Gasteiger partial charge in [0.25, 0.3) is 5.91 Å². The molecular formula is C34H40N2O5. The number of carboxylic acid groups (broad SMARTS) is 1. The molecule has 0 fully saturated rings. The van der Waals surface area contributed by atoms with Crippen molar-refractivity contribution in [2.45, 2.75) is 60.2 Å². The number of carboxylic acids is 1. The number of aryl methyl sites for hydroxylation is 2. The quantitative estimate of drug-likeness (QED) is 0.146. The molecule has 1 aliphatic carbocycles. The Morgan fingerprint density at radius 3 is 2.02 bits per heavy atom. The number of aliphatic carboxylic acids is 1. The summed E-state index contributed by atoms with van der Waals surface area (Å²) in [6, 6.07) is 23.6. The topological polar surface area (TPSA) is 111 Å². The van der Waals surface area contributed by atoms with Crippen molar-refractivity contribution in [3.05, 3.63) is 124 Å². The predicted molar refractivity (Wildman–Crippen MR) is 161 cm³/mol. The lowest BCUT2D eigenvalue weighted by Gasteiger charge is -2.33. The molecule has 1 amide bonds. The summed E-state index contributed by atoms with van der Waals surface area (Å²) in [6.45, 7) is 9.11. The number of allylic oxidation sites excluding steroid dienone is 3. The van der Waals surface area contributed by atoms with Crippen molar-refractivity contribution in [3.8, 4) is 5.75 Å². The molecule has 4 rings (SSSR count). The molecule has 1 aliphatic rings. The van der Waals surface area contributed by atoms with Gasteiger partial charge in [0.05, 0.1) is 0 Å². The third-order valence-corrected chi connectivity index (χ3v) is 7.26. The Labute approximate surface area is 242 Å². The molecule has 0 saturated carbocycles. The Bertz CT molecular complexity index is 1380. The van der Waals surface area contributed by atoms with E-state index in [1.165, 1.54) is 0 Å². The lowest BCUT2D eigenvalue weighted by atomic mass is 9.76. The first-order chi connectivity index (χ1) is 19.7. The number of nitrogens with one attached hydrogen (secondary N) is 1. The highest BCUT2D eigenvalue weighted by molar-refractivity contribution is 5.94. The molecule has 216 valence electrons. The standard InChI is InChI=1S/C17H20N2O2.C17H20O3/c1-3-14-10-15(17(20)19-18)9-12(2)16(14)21-11-13-7-5-4-6-8-13;1-3-17(2)11-14(16(18)19)9-10-15(17)20-12-13-7-5-4-6-8-13/h4-10H,3,11,18H2,1-2H3,(H,19,20);4-10H,3,11-12H2,1-2H3,(H,18,19). The zero-order chi connectivity index (χ0) is 29.8. The van der Waals surface area contributed by atoms with Crippen LogP contribution >= 0.6 is 0 Å². The first-order valence-corrected chi connectivity index (χ1v) is 13.8. The first kappa shape index (κ1) is 31.2. The second-order valence-corrected chi connectivity index (χ2v) is 10.3. The zero-order valence-corrected chi connectivity index (χ0v) is 24.3. The lowest BCUT2D eigenvalue weighted by molar-refractivity contribution is -0.133. The van der Waals surface area contributed by atoms with Crippen LogP contribution in [0.2, 0.25) is 0 Å². The number of hydrogen-bond donors (Lipinski definition) is 3. The molecule has 4 N–H and O–H groups in total. The largest absolute Gasteiger partial charge is 0.493 e. The van der Waals surface area contributed by atoms with Gasteiger partial charge in [0.15, 0.2) is 0 Å². The second-order valence-electron chi connectivity index (χ2n) is 10.3. The molecule has 1 unspecified atom stereocenters. The Morgan fingerprint density at radius 1 is 0.927 bits per heavy atom. The average Bonchev–Trinajstić information content (AvgIpc) is 3.00. The summed E-state index contributed by atoms with van der Waals surface area (Å²) in [4.78, 5) is 22.8.